The number of carbonyl (C=O) groups is 3. The van der Waals surface area contributed by atoms with E-state index in [1.165, 1.54) is 5.32 Å². The van der Waals surface area contributed by atoms with Gasteiger partial charge in [-0.15, -0.1) is 0 Å². The largest absolute Gasteiger partial charge is 0.479 e. The number of ether oxygens (including phenoxy) is 2. The standard InChI is InChI=1S/C23H23F3N2O6/c24-23(25,26)20(21(30)31)28-19(29)9-11-33-12-10-27-22(32)34-13-18-16-7-3-1-5-14(16)15-6-2-4-8-17(15)18/h1-8,18,20H,9-13H2,(H,27,32)(H,28,29)(H,30,31). The second-order valence-electron chi connectivity index (χ2n) is 7.50. The lowest BCUT2D eigenvalue weighted by molar-refractivity contribution is -0.182. The van der Waals surface area contributed by atoms with Crippen molar-refractivity contribution < 1.29 is 42.1 Å². The molecule has 8 nitrogen and oxygen atoms in total. The van der Waals surface area contributed by atoms with Crippen molar-refractivity contribution >= 4 is 18.0 Å². The lowest BCUT2D eigenvalue weighted by Gasteiger charge is -2.17. The Bertz CT molecular complexity index is 998. The summed E-state index contributed by atoms with van der Waals surface area (Å²) in [5, 5.41) is 12.4. The topological polar surface area (TPSA) is 114 Å². The molecule has 3 rings (SSSR count). The van der Waals surface area contributed by atoms with Gasteiger partial charge in [0.15, 0.2) is 0 Å². The Labute approximate surface area is 193 Å². The first-order valence-electron chi connectivity index (χ1n) is 10.4. The predicted octanol–water partition coefficient (Wildman–Crippen LogP) is 3.06. The Hall–Kier alpha value is -3.60. The molecule has 2 aromatic rings. The zero-order chi connectivity index (χ0) is 24.7. The zero-order valence-electron chi connectivity index (χ0n) is 17.9. The summed E-state index contributed by atoms with van der Waals surface area (Å²) >= 11 is 0. The molecule has 0 spiro atoms. The monoisotopic (exact) mass is 480 g/mol. The third-order valence-corrected chi connectivity index (χ3v) is 5.21. The second kappa shape index (κ2) is 11.0. The molecule has 34 heavy (non-hydrogen) atoms. The first kappa shape index (κ1) is 25.0. The number of carboxylic acid groups (broad SMARTS) is 1. The molecule has 3 N–H and O–H groups in total. The van der Waals surface area contributed by atoms with Crippen LogP contribution in [-0.2, 0) is 19.1 Å². The highest BCUT2D eigenvalue weighted by Crippen LogP contribution is 2.44. The number of carbonyl (C=O) groups excluding carboxylic acids is 2. The van der Waals surface area contributed by atoms with Crippen molar-refractivity contribution in [2.75, 3.05) is 26.4 Å². The summed E-state index contributed by atoms with van der Waals surface area (Å²) in [6.45, 7) is -0.0645. The Balaban J connectivity index is 1.35. The molecule has 0 bridgehead atoms. The van der Waals surface area contributed by atoms with E-state index in [1.807, 2.05) is 48.5 Å². The van der Waals surface area contributed by atoms with Crippen molar-refractivity contribution in [2.45, 2.75) is 24.6 Å². The maximum absolute atomic E-state index is 12.5. The molecule has 1 atom stereocenters. The molecule has 0 heterocycles. The maximum atomic E-state index is 12.5. The van der Waals surface area contributed by atoms with E-state index in [1.54, 1.807) is 0 Å². The summed E-state index contributed by atoms with van der Waals surface area (Å²) in [7, 11) is 0. The van der Waals surface area contributed by atoms with E-state index in [2.05, 4.69) is 5.32 Å². The third kappa shape index (κ3) is 6.25. The number of carboxylic acids is 1. The summed E-state index contributed by atoms with van der Waals surface area (Å²) in [5.74, 6) is -3.40. The van der Waals surface area contributed by atoms with Crippen LogP contribution in [0.15, 0.2) is 48.5 Å². The van der Waals surface area contributed by atoms with Crippen LogP contribution in [0.1, 0.15) is 23.5 Å². The molecular weight excluding hydrogens is 457 g/mol. The predicted molar refractivity (Wildman–Crippen MR) is 114 cm³/mol. The van der Waals surface area contributed by atoms with Gasteiger partial charge in [0.1, 0.15) is 6.61 Å². The molecule has 0 fully saturated rings. The van der Waals surface area contributed by atoms with Gasteiger partial charge in [-0.2, -0.15) is 13.2 Å². The van der Waals surface area contributed by atoms with Crippen LogP contribution in [-0.4, -0.2) is 61.7 Å². The number of nitrogens with one attached hydrogen (secondary N) is 2. The molecule has 1 aliphatic carbocycles. The number of hydrogen-bond donors (Lipinski definition) is 3. The van der Waals surface area contributed by atoms with Crippen LogP contribution in [0.3, 0.4) is 0 Å². The van der Waals surface area contributed by atoms with Crippen LogP contribution in [0.2, 0.25) is 0 Å². The van der Waals surface area contributed by atoms with E-state index in [9.17, 15) is 27.6 Å². The summed E-state index contributed by atoms with van der Waals surface area (Å²) in [4.78, 5) is 34.1. The molecule has 182 valence electrons. The highest BCUT2D eigenvalue weighted by atomic mass is 19.4. The van der Waals surface area contributed by atoms with E-state index in [-0.39, 0.29) is 32.3 Å². The van der Waals surface area contributed by atoms with Crippen LogP contribution < -0.4 is 10.6 Å². The van der Waals surface area contributed by atoms with Gasteiger partial charge in [0.05, 0.1) is 13.2 Å². The fourth-order valence-corrected chi connectivity index (χ4v) is 3.66. The van der Waals surface area contributed by atoms with Gasteiger partial charge in [-0.05, 0) is 22.3 Å². The number of aliphatic carboxylic acids is 1. The van der Waals surface area contributed by atoms with Crippen molar-refractivity contribution in [3.05, 3.63) is 59.7 Å². The molecule has 0 saturated carbocycles. The number of benzene rings is 2. The molecule has 0 saturated heterocycles. The Morgan fingerprint density at radius 2 is 1.56 bits per heavy atom. The number of alkyl halides is 3. The van der Waals surface area contributed by atoms with Gasteiger partial charge < -0.3 is 25.2 Å². The minimum absolute atomic E-state index is 0.0148. The Morgan fingerprint density at radius 3 is 2.12 bits per heavy atom. The van der Waals surface area contributed by atoms with Crippen LogP contribution in [0.4, 0.5) is 18.0 Å². The van der Waals surface area contributed by atoms with E-state index in [4.69, 9.17) is 14.6 Å². The van der Waals surface area contributed by atoms with Crippen LogP contribution in [0.25, 0.3) is 11.1 Å². The van der Waals surface area contributed by atoms with Crippen LogP contribution in [0.5, 0.6) is 0 Å². The zero-order valence-corrected chi connectivity index (χ0v) is 17.9. The summed E-state index contributed by atoms with van der Waals surface area (Å²) in [6, 6.07) is 12.8. The lowest BCUT2D eigenvalue weighted by atomic mass is 9.98. The summed E-state index contributed by atoms with van der Waals surface area (Å²) in [6.07, 6.45) is -6.22. The first-order chi connectivity index (χ1) is 16.2. The SMILES string of the molecule is O=C(CCOCCNC(=O)OCC1c2ccccc2-c2ccccc21)NC(C(=O)O)C(F)(F)F. The smallest absolute Gasteiger partial charge is 0.419 e. The molecule has 0 aromatic heterocycles. The first-order valence-corrected chi connectivity index (χ1v) is 10.4. The van der Waals surface area contributed by atoms with Crippen LogP contribution in [0, 0.1) is 0 Å². The molecule has 11 heteroatoms. The molecule has 0 radical (unpaired) electrons. The van der Waals surface area contributed by atoms with Gasteiger partial charge in [0.25, 0.3) is 0 Å². The average Bonchev–Trinajstić information content (AvgIpc) is 3.11. The molecule has 2 aromatic carbocycles. The number of rotatable bonds is 10. The molecule has 2 amide bonds. The normalized spacial score (nSPS) is 13.5. The molecule has 1 aliphatic rings. The Morgan fingerprint density at radius 1 is 0.971 bits per heavy atom. The van der Waals surface area contributed by atoms with Crippen LogP contribution >= 0.6 is 0 Å². The minimum atomic E-state index is -5.10. The van der Waals surface area contributed by atoms with Gasteiger partial charge in [-0.3, -0.25) is 4.79 Å². The number of fused-ring (bicyclic) bond motifs is 3. The van der Waals surface area contributed by atoms with E-state index in [0.29, 0.717) is 0 Å². The van der Waals surface area contributed by atoms with E-state index < -0.39 is 36.6 Å². The van der Waals surface area contributed by atoms with Crippen molar-refractivity contribution in [1.82, 2.24) is 10.6 Å². The average molecular weight is 480 g/mol. The van der Waals surface area contributed by atoms with Crippen molar-refractivity contribution in [3.63, 3.8) is 0 Å². The summed E-state index contributed by atoms with van der Waals surface area (Å²) < 4.78 is 48.0. The van der Waals surface area contributed by atoms with Gasteiger partial charge in [0.2, 0.25) is 11.9 Å². The highest BCUT2D eigenvalue weighted by Gasteiger charge is 2.46. The Kier molecular flexibility index (Phi) is 8.11. The van der Waals surface area contributed by atoms with Gasteiger partial charge in [0, 0.05) is 18.9 Å². The summed E-state index contributed by atoms with van der Waals surface area (Å²) in [5.41, 5.74) is 4.37. The van der Waals surface area contributed by atoms with Crippen molar-refractivity contribution in [3.8, 4) is 11.1 Å². The number of amides is 2. The van der Waals surface area contributed by atoms with E-state index in [0.717, 1.165) is 22.3 Å². The van der Waals surface area contributed by atoms with E-state index >= 15 is 0 Å². The van der Waals surface area contributed by atoms with Gasteiger partial charge in [-0.25, -0.2) is 9.59 Å². The number of alkyl carbamates (subject to hydrolysis) is 1. The highest BCUT2D eigenvalue weighted by molar-refractivity contribution is 5.84. The fourth-order valence-electron chi connectivity index (χ4n) is 3.66. The third-order valence-electron chi connectivity index (χ3n) is 5.21. The fraction of sp³-hybridized carbons (Fsp3) is 0.348. The quantitative estimate of drug-likeness (QED) is 0.451. The van der Waals surface area contributed by atoms with Crippen molar-refractivity contribution in [2.24, 2.45) is 0 Å². The second-order valence-corrected chi connectivity index (χ2v) is 7.50. The number of hydrogen-bond acceptors (Lipinski definition) is 5. The molecule has 0 aliphatic heterocycles. The minimum Gasteiger partial charge on any atom is -0.479 e. The van der Waals surface area contributed by atoms with Crippen molar-refractivity contribution in [1.29, 1.82) is 0 Å². The van der Waals surface area contributed by atoms with Gasteiger partial charge in [-0.1, -0.05) is 48.5 Å². The van der Waals surface area contributed by atoms with Gasteiger partial charge >= 0.3 is 18.2 Å². The molecular formula is C23H23F3N2O6. The molecule has 1 unspecified atom stereocenters. The maximum Gasteiger partial charge on any atom is 0.419 e. The number of halogens is 3. The lowest BCUT2D eigenvalue weighted by Crippen LogP contribution is -2.50.